The molecule has 2 unspecified atom stereocenters. The van der Waals surface area contributed by atoms with Crippen molar-refractivity contribution in [3.63, 3.8) is 0 Å². The Kier molecular flexibility index (Phi) is 6.78. The van der Waals surface area contributed by atoms with Gasteiger partial charge in [-0.2, -0.15) is 0 Å². The molecule has 0 saturated carbocycles. The number of benzene rings is 1. The second-order valence-corrected chi connectivity index (χ2v) is 5.52. The summed E-state index contributed by atoms with van der Waals surface area (Å²) in [5.41, 5.74) is 12.1. The Labute approximate surface area is 130 Å². The molecule has 4 N–H and O–H groups in total. The van der Waals surface area contributed by atoms with Gasteiger partial charge in [0.2, 0.25) is 5.91 Å². The first-order valence-electron chi connectivity index (χ1n) is 6.93. The van der Waals surface area contributed by atoms with E-state index in [0.29, 0.717) is 22.9 Å². The minimum atomic E-state index is -0.408. The molecule has 0 heterocycles. The van der Waals surface area contributed by atoms with Crippen LogP contribution < -0.4 is 20.9 Å². The molecule has 0 aliphatic carbocycles. The molecule has 1 amide bonds. The molecule has 118 valence electrons. The summed E-state index contributed by atoms with van der Waals surface area (Å²) in [7, 11) is 1.54. The van der Waals surface area contributed by atoms with Gasteiger partial charge >= 0.3 is 0 Å². The predicted molar refractivity (Wildman–Crippen MR) is 83.8 cm³/mol. The maximum absolute atomic E-state index is 11.1. The third kappa shape index (κ3) is 5.10. The first kappa shape index (κ1) is 17.6. The molecular formula is C15H23ClN2O3. The van der Waals surface area contributed by atoms with E-state index in [4.69, 9.17) is 32.5 Å². The van der Waals surface area contributed by atoms with Gasteiger partial charge in [-0.15, -0.1) is 0 Å². The Morgan fingerprint density at radius 3 is 2.62 bits per heavy atom. The number of ether oxygens (including phenoxy) is 2. The molecule has 6 heteroatoms. The number of hydrogen-bond acceptors (Lipinski definition) is 4. The average molecular weight is 315 g/mol. The zero-order valence-corrected chi connectivity index (χ0v) is 13.4. The monoisotopic (exact) mass is 314 g/mol. The molecule has 0 bridgehead atoms. The van der Waals surface area contributed by atoms with E-state index in [-0.39, 0.29) is 12.6 Å². The highest BCUT2D eigenvalue weighted by atomic mass is 35.5. The van der Waals surface area contributed by atoms with Crippen molar-refractivity contribution in [2.45, 2.75) is 32.7 Å². The standard InChI is InChI=1S/C15H23ClN2O3/c1-4-12(17)6-10-5-11(16)7-13(20-3)14(10)21-8-9(2)15(18)19/h5,7,9,12H,4,6,8,17H2,1-3H3,(H2,18,19). The van der Waals surface area contributed by atoms with E-state index < -0.39 is 11.8 Å². The van der Waals surface area contributed by atoms with Crippen molar-refractivity contribution in [2.24, 2.45) is 17.4 Å². The summed E-state index contributed by atoms with van der Waals surface area (Å²) in [5, 5.41) is 0.556. The summed E-state index contributed by atoms with van der Waals surface area (Å²) < 4.78 is 11.1. The van der Waals surface area contributed by atoms with Crippen LogP contribution in [0.3, 0.4) is 0 Å². The van der Waals surface area contributed by atoms with Crippen molar-refractivity contribution in [3.8, 4) is 11.5 Å². The minimum absolute atomic E-state index is 0.00378. The first-order chi connectivity index (χ1) is 9.88. The topological polar surface area (TPSA) is 87.6 Å². The summed E-state index contributed by atoms with van der Waals surface area (Å²) in [6, 6.07) is 3.49. The van der Waals surface area contributed by atoms with Crippen LogP contribution in [0.1, 0.15) is 25.8 Å². The Morgan fingerprint density at radius 1 is 1.43 bits per heavy atom. The van der Waals surface area contributed by atoms with Crippen LogP contribution in [0.25, 0.3) is 0 Å². The number of hydrogen-bond donors (Lipinski definition) is 2. The predicted octanol–water partition coefficient (Wildman–Crippen LogP) is 2.13. The molecule has 0 aliphatic rings. The number of primary amides is 1. The van der Waals surface area contributed by atoms with Crippen molar-refractivity contribution in [1.29, 1.82) is 0 Å². The maximum Gasteiger partial charge on any atom is 0.223 e. The molecule has 21 heavy (non-hydrogen) atoms. The number of halogens is 1. The Bertz CT molecular complexity index is 494. The fraction of sp³-hybridized carbons (Fsp3) is 0.533. The van der Waals surface area contributed by atoms with Crippen LogP contribution in [0.2, 0.25) is 5.02 Å². The van der Waals surface area contributed by atoms with Crippen LogP contribution in [0.15, 0.2) is 12.1 Å². The molecule has 0 radical (unpaired) electrons. The van der Waals surface area contributed by atoms with Crippen molar-refractivity contribution >= 4 is 17.5 Å². The summed E-state index contributed by atoms with van der Waals surface area (Å²) in [5.74, 6) is 0.296. The van der Waals surface area contributed by atoms with Gasteiger partial charge in [-0.25, -0.2) is 0 Å². The van der Waals surface area contributed by atoms with E-state index in [0.717, 1.165) is 12.0 Å². The Balaban J connectivity index is 3.04. The molecule has 1 rings (SSSR count). The van der Waals surface area contributed by atoms with Gasteiger partial charge in [0, 0.05) is 22.7 Å². The van der Waals surface area contributed by atoms with Crippen LogP contribution in [-0.2, 0) is 11.2 Å². The molecule has 0 saturated heterocycles. The second-order valence-electron chi connectivity index (χ2n) is 5.08. The SMILES string of the molecule is CCC(N)Cc1cc(Cl)cc(OC)c1OCC(C)C(N)=O. The highest BCUT2D eigenvalue weighted by molar-refractivity contribution is 6.30. The highest BCUT2D eigenvalue weighted by Gasteiger charge is 2.17. The number of rotatable bonds is 8. The molecule has 1 aromatic rings. The molecule has 0 spiro atoms. The molecular weight excluding hydrogens is 292 g/mol. The van der Waals surface area contributed by atoms with E-state index in [9.17, 15) is 4.79 Å². The highest BCUT2D eigenvalue weighted by Crippen LogP contribution is 2.35. The van der Waals surface area contributed by atoms with Crippen molar-refractivity contribution in [3.05, 3.63) is 22.7 Å². The number of carbonyl (C=O) groups excluding carboxylic acids is 1. The van der Waals surface area contributed by atoms with Crippen LogP contribution in [0, 0.1) is 5.92 Å². The molecule has 0 fully saturated rings. The lowest BCUT2D eigenvalue weighted by Crippen LogP contribution is -2.26. The third-order valence-corrected chi connectivity index (χ3v) is 3.50. The van der Waals surface area contributed by atoms with Crippen LogP contribution in [0.4, 0.5) is 0 Å². The van der Waals surface area contributed by atoms with Gasteiger partial charge in [-0.05, 0) is 18.9 Å². The largest absolute Gasteiger partial charge is 0.493 e. The van der Waals surface area contributed by atoms with Gasteiger partial charge in [0.05, 0.1) is 19.6 Å². The van der Waals surface area contributed by atoms with Gasteiger partial charge in [0.25, 0.3) is 0 Å². The Morgan fingerprint density at radius 2 is 2.10 bits per heavy atom. The van der Waals surface area contributed by atoms with Crippen molar-refractivity contribution in [2.75, 3.05) is 13.7 Å². The van der Waals surface area contributed by atoms with Crippen molar-refractivity contribution in [1.82, 2.24) is 0 Å². The fourth-order valence-electron chi connectivity index (χ4n) is 1.81. The molecule has 0 aromatic heterocycles. The van der Waals surface area contributed by atoms with Crippen LogP contribution >= 0.6 is 11.6 Å². The van der Waals surface area contributed by atoms with Gasteiger partial charge in [0.15, 0.2) is 11.5 Å². The van der Waals surface area contributed by atoms with Gasteiger partial charge in [-0.3, -0.25) is 4.79 Å². The number of carbonyl (C=O) groups is 1. The fourth-order valence-corrected chi connectivity index (χ4v) is 2.04. The smallest absolute Gasteiger partial charge is 0.223 e. The van der Waals surface area contributed by atoms with Gasteiger partial charge in [-0.1, -0.05) is 25.4 Å². The van der Waals surface area contributed by atoms with Crippen LogP contribution in [0.5, 0.6) is 11.5 Å². The van der Waals surface area contributed by atoms with E-state index in [1.807, 2.05) is 13.0 Å². The number of amides is 1. The lowest BCUT2D eigenvalue weighted by atomic mass is 10.0. The summed E-state index contributed by atoms with van der Waals surface area (Å²) >= 11 is 6.09. The first-order valence-corrected chi connectivity index (χ1v) is 7.30. The Hall–Kier alpha value is -1.46. The van der Waals surface area contributed by atoms with E-state index in [1.165, 1.54) is 0 Å². The van der Waals surface area contributed by atoms with E-state index >= 15 is 0 Å². The zero-order chi connectivity index (χ0) is 16.0. The summed E-state index contributed by atoms with van der Waals surface area (Å²) in [6.45, 7) is 3.91. The van der Waals surface area contributed by atoms with Crippen molar-refractivity contribution < 1.29 is 14.3 Å². The normalized spacial score (nSPS) is 13.6. The molecule has 2 atom stereocenters. The second kappa shape index (κ2) is 8.10. The molecule has 1 aromatic carbocycles. The lowest BCUT2D eigenvalue weighted by molar-refractivity contribution is -0.122. The molecule has 0 aliphatic heterocycles. The third-order valence-electron chi connectivity index (χ3n) is 3.29. The summed E-state index contributed by atoms with van der Waals surface area (Å²) in [4.78, 5) is 11.1. The summed E-state index contributed by atoms with van der Waals surface area (Å²) in [6.07, 6.45) is 1.46. The number of nitrogens with two attached hydrogens (primary N) is 2. The van der Waals surface area contributed by atoms with E-state index in [2.05, 4.69) is 0 Å². The minimum Gasteiger partial charge on any atom is -0.493 e. The number of methoxy groups -OCH3 is 1. The maximum atomic E-state index is 11.1. The lowest BCUT2D eigenvalue weighted by Gasteiger charge is -2.19. The average Bonchev–Trinajstić information content (AvgIpc) is 2.44. The quantitative estimate of drug-likeness (QED) is 0.769. The van der Waals surface area contributed by atoms with Crippen LogP contribution in [-0.4, -0.2) is 25.7 Å². The van der Waals surface area contributed by atoms with Gasteiger partial charge < -0.3 is 20.9 Å². The van der Waals surface area contributed by atoms with E-state index in [1.54, 1.807) is 20.1 Å². The molecule has 5 nitrogen and oxygen atoms in total. The zero-order valence-electron chi connectivity index (χ0n) is 12.7. The van der Waals surface area contributed by atoms with Gasteiger partial charge in [0.1, 0.15) is 0 Å².